The van der Waals surface area contributed by atoms with Gasteiger partial charge in [-0.25, -0.2) is 4.98 Å². The zero-order valence-corrected chi connectivity index (χ0v) is 25.3. The summed E-state index contributed by atoms with van der Waals surface area (Å²) in [5.74, 6) is 1.17. The summed E-state index contributed by atoms with van der Waals surface area (Å²) in [6.45, 7) is 19.7. The number of nitriles is 1. The van der Waals surface area contributed by atoms with Gasteiger partial charge >= 0.3 is 0 Å². The summed E-state index contributed by atoms with van der Waals surface area (Å²) in [4.78, 5) is 8.90. The molecule has 0 spiro atoms. The number of para-hydroxylation sites is 1. The number of allylic oxidation sites excluding steroid dienone is 3. The van der Waals surface area contributed by atoms with Gasteiger partial charge in [0.25, 0.3) is 0 Å². The number of hydrogen-bond acceptors (Lipinski definition) is 5. The van der Waals surface area contributed by atoms with Crippen LogP contribution < -0.4 is 15.1 Å². The van der Waals surface area contributed by atoms with Crippen LogP contribution in [0.25, 0.3) is 0 Å². The highest BCUT2D eigenvalue weighted by Crippen LogP contribution is 2.38. The van der Waals surface area contributed by atoms with Crippen LogP contribution >= 0.6 is 11.6 Å². The van der Waals surface area contributed by atoms with Crippen LogP contribution in [0.3, 0.4) is 0 Å². The number of pyridine rings is 1. The molecule has 0 radical (unpaired) electrons. The van der Waals surface area contributed by atoms with Crippen molar-refractivity contribution in [3.8, 4) is 6.07 Å². The molecular formula is C33H46ClN5. The number of hydrogen-bond donors (Lipinski definition) is 1. The molecule has 6 heteroatoms. The van der Waals surface area contributed by atoms with Gasteiger partial charge in [0.05, 0.1) is 5.56 Å². The number of nitrogens with zero attached hydrogens (tertiary/aromatic N) is 4. The third kappa shape index (κ3) is 10.1. The molecule has 0 fully saturated rings. The van der Waals surface area contributed by atoms with Gasteiger partial charge < -0.3 is 15.1 Å². The molecule has 1 atom stereocenters. The van der Waals surface area contributed by atoms with Crippen molar-refractivity contribution >= 4 is 23.1 Å². The Kier molecular flexibility index (Phi) is 14.3. The Hall–Kier alpha value is -3.23. The molecule has 0 bridgehead atoms. The molecule has 0 saturated heterocycles. The minimum absolute atomic E-state index is 0.355. The van der Waals surface area contributed by atoms with Crippen LogP contribution in [-0.2, 0) is 0 Å². The lowest BCUT2D eigenvalue weighted by atomic mass is 9.98. The highest BCUT2D eigenvalue weighted by molar-refractivity contribution is 6.29. The van der Waals surface area contributed by atoms with Crippen LogP contribution in [-0.4, -0.2) is 37.7 Å². The Morgan fingerprint density at radius 1 is 1.18 bits per heavy atom. The Balaban J connectivity index is 0.000000306. The molecule has 1 N–H and O–H groups in total. The SMILES string of the molecule is C=C(NCC/C(Cl)=C\C=C(C)C)C1CN(CCC)c2ccccc21.CCCCN(CC)c1ncccc1C#N. The van der Waals surface area contributed by atoms with E-state index in [9.17, 15) is 0 Å². The van der Waals surface area contributed by atoms with Crippen LogP contribution in [0.5, 0.6) is 0 Å². The third-order valence-electron chi connectivity index (χ3n) is 6.65. The van der Waals surface area contributed by atoms with E-state index < -0.39 is 0 Å². The maximum Gasteiger partial charge on any atom is 0.146 e. The number of fused-ring (bicyclic) bond motifs is 1. The number of benzene rings is 1. The number of unbranched alkanes of at least 4 members (excludes halogenated alkanes) is 1. The van der Waals surface area contributed by atoms with E-state index in [1.54, 1.807) is 12.3 Å². The van der Waals surface area contributed by atoms with E-state index in [0.29, 0.717) is 11.5 Å². The molecule has 2 heterocycles. The Bertz CT molecular complexity index is 1140. The molecule has 3 rings (SSSR count). The lowest BCUT2D eigenvalue weighted by Crippen LogP contribution is -2.26. The second-order valence-electron chi connectivity index (χ2n) is 10.0. The first-order valence-corrected chi connectivity index (χ1v) is 14.6. The van der Waals surface area contributed by atoms with E-state index in [4.69, 9.17) is 16.9 Å². The molecule has 2 aromatic rings. The average Bonchev–Trinajstić information content (AvgIpc) is 3.31. The van der Waals surface area contributed by atoms with Crippen molar-refractivity contribution in [2.75, 3.05) is 42.5 Å². The lowest BCUT2D eigenvalue weighted by molar-refractivity contribution is 0.679. The highest BCUT2D eigenvalue weighted by Gasteiger charge is 2.29. The molecule has 1 aromatic carbocycles. The van der Waals surface area contributed by atoms with Gasteiger partial charge in [-0.3, -0.25) is 0 Å². The van der Waals surface area contributed by atoms with E-state index in [0.717, 1.165) is 75.0 Å². The topological polar surface area (TPSA) is 55.2 Å². The first-order valence-electron chi connectivity index (χ1n) is 14.2. The number of halogens is 1. The number of anilines is 2. The van der Waals surface area contributed by atoms with Crippen LogP contribution in [0, 0.1) is 11.3 Å². The summed E-state index contributed by atoms with van der Waals surface area (Å²) in [5.41, 5.74) is 5.75. The normalized spacial score (nSPS) is 14.0. The van der Waals surface area contributed by atoms with Gasteiger partial charge in [0.1, 0.15) is 11.9 Å². The number of rotatable bonds is 13. The molecule has 1 aromatic heterocycles. The zero-order chi connectivity index (χ0) is 28.6. The molecular weight excluding hydrogens is 502 g/mol. The van der Waals surface area contributed by atoms with Crippen LogP contribution in [0.15, 0.2) is 77.6 Å². The first kappa shape index (κ1) is 32.0. The minimum atomic E-state index is 0.355. The van der Waals surface area contributed by atoms with Crippen molar-refractivity contribution in [2.24, 2.45) is 0 Å². The Morgan fingerprint density at radius 2 is 1.95 bits per heavy atom. The molecule has 1 aliphatic rings. The Labute approximate surface area is 241 Å². The molecule has 0 aliphatic carbocycles. The van der Waals surface area contributed by atoms with Crippen LogP contribution in [0.4, 0.5) is 11.5 Å². The predicted octanol–water partition coefficient (Wildman–Crippen LogP) is 8.16. The van der Waals surface area contributed by atoms with E-state index in [1.165, 1.54) is 16.8 Å². The fourth-order valence-corrected chi connectivity index (χ4v) is 4.73. The summed E-state index contributed by atoms with van der Waals surface area (Å²) >= 11 is 6.25. The monoisotopic (exact) mass is 547 g/mol. The zero-order valence-electron chi connectivity index (χ0n) is 24.5. The van der Waals surface area contributed by atoms with Crippen molar-refractivity contribution in [3.05, 3.63) is 88.8 Å². The van der Waals surface area contributed by atoms with Gasteiger partial charge in [0.15, 0.2) is 0 Å². The lowest BCUT2D eigenvalue weighted by Gasteiger charge is -2.22. The van der Waals surface area contributed by atoms with E-state index in [2.05, 4.69) is 91.6 Å². The van der Waals surface area contributed by atoms with Gasteiger partial charge in [0, 0.05) is 67.7 Å². The fourth-order valence-electron chi connectivity index (χ4n) is 4.57. The summed E-state index contributed by atoms with van der Waals surface area (Å²) in [5, 5.41) is 13.3. The van der Waals surface area contributed by atoms with Crippen LogP contribution in [0.1, 0.15) is 77.3 Å². The second kappa shape index (κ2) is 17.4. The van der Waals surface area contributed by atoms with E-state index in [-0.39, 0.29) is 0 Å². The van der Waals surface area contributed by atoms with Crippen molar-refractivity contribution in [1.29, 1.82) is 5.26 Å². The van der Waals surface area contributed by atoms with Gasteiger partial charge in [0.2, 0.25) is 0 Å². The van der Waals surface area contributed by atoms with E-state index >= 15 is 0 Å². The molecule has 1 aliphatic heterocycles. The van der Waals surface area contributed by atoms with Gasteiger partial charge in [-0.05, 0) is 63.5 Å². The van der Waals surface area contributed by atoms with Gasteiger partial charge in [-0.2, -0.15) is 5.26 Å². The van der Waals surface area contributed by atoms with Crippen molar-refractivity contribution in [1.82, 2.24) is 10.3 Å². The second-order valence-corrected chi connectivity index (χ2v) is 10.5. The largest absolute Gasteiger partial charge is 0.388 e. The predicted molar refractivity (Wildman–Crippen MR) is 169 cm³/mol. The maximum absolute atomic E-state index is 8.97. The fraction of sp³-hybridized carbons (Fsp3) is 0.455. The minimum Gasteiger partial charge on any atom is -0.388 e. The molecule has 0 saturated carbocycles. The molecule has 1 unspecified atom stereocenters. The maximum atomic E-state index is 8.97. The number of nitrogens with one attached hydrogen (secondary N) is 1. The number of aromatic nitrogens is 1. The highest BCUT2D eigenvalue weighted by atomic mass is 35.5. The standard InChI is InChI=1S/C21H29ClN2.C12H17N3/c1-5-14-24-15-20(19-8-6-7-9-21(19)24)17(4)23-13-12-18(22)11-10-16(2)3;1-3-5-9-15(4-2)12-11(10-13)7-6-8-14-12/h6-11,20,23H,4-5,12-15H2,1-3H3;6-8H,3-5,9H2,1-2H3/b18-11+;. The molecule has 210 valence electrons. The summed E-state index contributed by atoms with van der Waals surface area (Å²) in [6.07, 6.45) is 10.0. The first-order chi connectivity index (χ1) is 18.9. The molecule has 39 heavy (non-hydrogen) atoms. The third-order valence-corrected chi connectivity index (χ3v) is 6.97. The van der Waals surface area contributed by atoms with Crippen molar-refractivity contribution < 1.29 is 0 Å². The summed E-state index contributed by atoms with van der Waals surface area (Å²) in [7, 11) is 0. The molecule has 0 amide bonds. The summed E-state index contributed by atoms with van der Waals surface area (Å²) in [6, 6.07) is 14.5. The molecule has 5 nitrogen and oxygen atoms in total. The smallest absolute Gasteiger partial charge is 0.146 e. The average molecular weight is 548 g/mol. The quantitative estimate of drug-likeness (QED) is 0.256. The van der Waals surface area contributed by atoms with Crippen LogP contribution in [0.2, 0.25) is 0 Å². The Morgan fingerprint density at radius 3 is 2.62 bits per heavy atom. The summed E-state index contributed by atoms with van der Waals surface area (Å²) < 4.78 is 0. The van der Waals surface area contributed by atoms with Gasteiger partial charge in [-0.1, -0.05) is 68.3 Å². The van der Waals surface area contributed by atoms with Crippen molar-refractivity contribution in [2.45, 2.75) is 66.2 Å². The van der Waals surface area contributed by atoms with E-state index in [1.807, 2.05) is 18.2 Å². The van der Waals surface area contributed by atoms with Crippen molar-refractivity contribution in [3.63, 3.8) is 0 Å². The van der Waals surface area contributed by atoms with Gasteiger partial charge in [-0.15, -0.1) is 0 Å².